The molecule has 0 bridgehead atoms. The van der Waals surface area contributed by atoms with Gasteiger partial charge in [0, 0.05) is 19.4 Å². The summed E-state index contributed by atoms with van der Waals surface area (Å²) in [5.74, 6) is 0.145. The fourth-order valence-corrected chi connectivity index (χ4v) is 1.62. The first kappa shape index (κ1) is 13.5. The van der Waals surface area contributed by atoms with Crippen molar-refractivity contribution in [2.24, 2.45) is 0 Å². The lowest BCUT2D eigenvalue weighted by atomic mass is 10.1. The Bertz CT molecular complexity index is 364. The number of hydrogen-bond acceptors (Lipinski definition) is 2. The normalized spacial score (nSPS) is 10.4. The minimum atomic E-state index is 0.145. The molecule has 0 aliphatic rings. The number of ketones is 1. The second-order valence-electron chi connectivity index (χ2n) is 3.41. The van der Waals surface area contributed by atoms with Gasteiger partial charge in [0.25, 0.3) is 0 Å². The van der Waals surface area contributed by atoms with Crippen LogP contribution in [-0.2, 0) is 16.0 Å². The summed E-state index contributed by atoms with van der Waals surface area (Å²) in [4.78, 5) is 11.5. The summed E-state index contributed by atoms with van der Waals surface area (Å²) in [7, 11) is 0. The first-order valence-electron chi connectivity index (χ1n) is 5.17. The third kappa shape index (κ3) is 4.52. The monoisotopic (exact) mass is 260 g/mol. The molecule has 0 N–H and O–H groups in total. The Kier molecular flexibility index (Phi) is 5.81. The molecule has 0 amide bonds. The maximum Gasteiger partial charge on any atom is 0.139 e. The van der Waals surface area contributed by atoms with E-state index in [1.54, 1.807) is 12.1 Å². The standard InChI is InChI=1S/C12H14Cl2O2/c1-2-16-6-5-10(15)7-9-3-4-11(13)12(14)8-9/h3-4,8H,2,5-7H2,1H3. The molecule has 0 fully saturated rings. The van der Waals surface area contributed by atoms with Crippen LogP contribution in [0.5, 0.6) is 0 Å². The molecule has 16 heavy (non-hydrogen) atoms. The highest BCUT2D eigenvalue weighted by molar-refractivity contribution is 6.42. The van der Waals surface area contributed by atoms with Crippen molar-refractivity contribution in [3.63, 3.8) is 0 Å². The minimum Gasteiger partial charge on any atom is -0.381 e. The van der Waals surface area contributed by atoms with Crippen LogP contribution in [0.1, 0.15) is 18.9 Å². The van der Waals surface area contributed by atoms with Crippen molar-refractivity contribution in [2.45, 2.75) is 19.8 Å². The van der Waals surface area contributed by atoms with Crippen LogP contribution in [-0.4, -0.2) is 19.0 Å². The number of rotatable bonds is 6. The second kappa shape index (κ2) is 6.89. The van der Waals surface area contributed by atoms with Crippen molar-refractivity contribution < 1.29 is 9.53 Å². The SMILES string of the molecule is CCOCCC(=O)Cc1ccc(Cl)c(Cl)c1. The molecule has 1 aromatic rings. The lowest BCUT2D eigenvalue weighted by Crippen LogP contribution is -2.07. The van der Waals surface area contributed by atoms with Crippen molar-refractivity contribution in [2.75, 3.05) is 13.2 Å². The minimum absolute atomic E-state index is 0.145. The van der Waals surface area contributed by atoms with Gasteiger partial charge < -0.3 is 4.74 Å². The van der Waals surface area contributed by atoms with Crippen molar-refractivity contribution in [1.29, 1.82) is 0 Å². The third-order valence-electron chi connectivity index (χ3n) is 2.11. The number of Topliss-reactive ketones (excluding diaryl/α,β-unsaturated/α-hetero) is 1. The van der Waals surface area contributed by atoms with E-state index in [4.69, 9.17) is 27.9 Å². The van der Waals surface area contributed by atoms with Crippen molar-refractivity contribution >= 4 is 29.0 Å². The third-order valence-corrected chi connectivity index (χ3v) is 2.85. The fourth-order valence-electron chi connectivity index (χ4n) is 1.30. The van der Waals surface area contributed by atoms with E-state index in [9.17, 15) is 4.79 Å². The molecule has 0 heterocycles. The lowest BCUT2D eigenvalue weighted by Gasteiger charge is -2.03. The molecule has 0 saturated carbocycles. The van der Waals surface area contributed by atoms with Gasteiger partial charge in [0.2, 0.25) is 0 Å². The van der Waals surface area contributed by atoms with E-state index in [1.165, 1.54) is 0 Å². The van der Waals surface area contributed by atoms with Gasteiger partial charge in [-0.15, -0.1) is 0 Å². The molecule has 1 rings (SSSR count). The predicted octanol–water partition coefficient (Wildman–Crippen LogP) is 3.53. The number of carbonyl (C=O) groups is 1. The van der Waals surface area contributed by atoms with Crippen LogP contribution in [0, 0.1) is 0 Å². The van der Waals surface area contributed by atoms with Crippen LogP contribution in [0.3, 0.4) is 0 Å². The van der Waals surface area contributed by atoms with E-state index in [1.807, 2.05) is 13.0 Å². The second-order valence-corrected chi connectivity index (χ2v) is 4.23. The van der Waals surface area contributed by atoms with Crippen molar-refractivity contribution in [3.8, 4) is 0 Å². The summed E-state index contributed by atoms with van der Waals surface area (Å²) in [5, 5.41) is 0.990. The number of carbonyl (C=O) groups excluding carboxylic acids is 1. The highest BCUT2D eigenvalue weighted by Gasteiger charge is 2.05. The van der Waals surface area contributed by atoms with Crippen molar-refractivity contribution in [1.82, 2.24) is 0 Å². The Morgan fingerprint density at radius 1 is 1.31 bits per heavy atom. The van der Waals surface area contributed by atoms with Gasteiger partial charge >= 0.3 is 0 Å². The van der Waals surface area contributed by atoms with Crippen molar-refractivity contribution in [3.05, 3.63) is 33.8 Å². The number of hydrogen-bond donors (Lipinski definition) is 0. The lowest BCUT2D eigenvalue weighted by molar-refractivity contribution is -0.119. The number of halogens is 2. The van der Waals surface area contributed by atoms with E-state index in [2.05, 4.69) is 0 Å². The van der Waals surface area contributed by atoms with Crippen LogP contribution in [0.4, 0.5) is 0 Å². The molecule has 0 unspecified atom stereocenters. The largest absolute Gasteiger partial charge is 0.381 e. The quantitative estimate of drug-likeness (QED) is 0.732. The molecule has 0 radical (unpaired) electrons. The van der Waals surface area contributed by atoms with Gasteiger partial charge in [-0.25, -0.2) is 0 Å². The first-order chi connectivity index (χ1) is 7.63. The zero-order valence-electron chi connectivity index (χ0n) is 9.13. The van der Waals surface area contributed by atoms with Gasteiger partial charge in [-0.1, -0.05) is 29.3 Å². The highest BCUT2D eigenvalue weighted by atomic mass is 35.5. The smallest absolute Gasteiger partial charge is 0.139 e. The molecule has 88 valence electrons. The maximum atomic E-state index is 11.5. The van der Waals surface area contributed by atoms with E-state index in [0.717, 1.165) is 5.56 Å². The van der Waals surface area contributed by atoms with Crippen LogP contribution in [0.15, 0.2) is 18.2 Å². The van der Waals surface area contributed by atoms with Crippen LogP contribution in [0.2, 0.25) is 10.0 Å². The summed E-state index contributed by atoms with van der Waals surface area (Å²) < 4.78 is 5.12. The average Bonchev–Trinajstić information content (AvgIpc) is 2.24. The number of ether oxygens (including phenoxy) is 1. The summed E-state index contributed by atoms with van der Waals surface area (Å²) >= 11 is 11.6. The molecule has 0 aliphatic carbocycles. The van der Waals surface area contributed by atoms with Gasteiger partial charge in [-0.2, -0.15) is 0 Å². The molecular weight excluding hydrogens is 247 g/mol. The van der Waals surface area contributed by atoms with E-state index < -0.39 is 0 Å². The first-order valence-corrected chi connectivity index (χ1v) is 5.92. The van der Waals surface area contributed by atoms with Crippen LogP contribution in [0.25, 0.3) is 0 Å². The van der Waals surface area contributed by atoms with Gasteiger partial charge in [0.1, 0.15) is 5.78 Å². The summed E-state index contributed by atoms with van der Waals surface area (Å²) in [6.07, 6.45) is 0.818. The van der Waals surface area contributed by atoms with E-state index >= 15 is 0 Å². The summed E-state index contributed by atoms with van der Waals surface area (Å²) in [6.45, 7) is 3.03. The average molecular weight is 261 g/mol. The zero-order chi connectivity index (χ0) is 12.0. The zero-order valence-corrected chi connectivity index (χ0v) is 10.6. The molecule has 0 atom stereocenters. The van der Waals surface area contributed by atoms with E-state index in [0.29, 0.717) is 36.1 Å². The molecule has 0 saturated heterocycles. The van der Waals surface area contributed by atoms with E-state index in [-0.39, 0.29) is 5.78 Å². The molecular formula is C12H14Cl2O2. The Morgan fingerprint density at radius 3 is 2.69 bits per heavy atom. The van der Waals surface area contributed by atoms with Gasteiger partial charge in [0.15, 0.2) is 0 Å². The van der Waals surface area contributed by atoms with Gasteiger partial charge in [-0.3, -0.25) is 4.79 Å². The summed E-state index contributed by atoms with van der Waals surface area (Å²) in [5.41, 5.74) is 0.885. The Hall–Kier alpha value is -0.570. The molecule has 2 nitrogen and oxygen atoms in total. The highest BCUT2D eigenvalue weighted by Crippen LogP contribution is 2.22. The predicted molar refractivity (Wildman–Crippen MR) is 66.3 cm³/mol. The molecule has 4 heteroatoms. The topological polar surface area (TPSA) is 26.3 Å². The molecule has 0 aliphatic heterocycles. The molecule has 0 spiro atoms. The van der Waals surface area contributed by atoms with Gasteiger partial charge in [-0.05, 0) is 24.6 Å². The Balaban J connectivity index is 2.46. The Labute approximate surface area is 106 Å². The summed E-state index contributed by atoms with van der Waals surface area (Å²) in [6, 6.07) is 5.24. The Morgan fingerprint density at radius 2 is 2.06 bits per heavy atom. The van der Waals surface area contributed by atoms with Gasteiger partial charge in [0.05, 0.1) is 16.7 Å². The number of benzene rings is 1. The maximum absolute atomic E-state index is 11.5. The molecule has 0 aromatic heterocycles. The van der Waals surface area contributed by atoms with Crippen LogP contribution < -0.4 is 0 Å². The van der Waals surface area contributed by atoms with Crippen LogP contribution >= 0.6 is 23.2 Å². The fraction of sp³-hybridized carbons (Fsp3) is 0.417. The molecule has 1 aromatic carbocycles.